The summed E-state index contributed by atoms with van der Waals surface area (Å²) in [6, 6.07) is 0. The number of hydrogen-bond acceptors (Lipinski definition) is 3. The van der Waals surface area contributed by atoms with Gasteiger partial charge in [-0.25, -0.2) is 0 Å². The van der Waals surface area contributed by atoms with E-state index in [2.05, 4.69) is 6.92 Å². The van der Waals surface area contributed by atoms with Crippen LogP contribution in [0, 0.1) is 0 Å². The molecule has 0 saturated carbocycles. The van der Waals surface area contributed by atoms with E-state index < -0.39 is 0 Å². The van der Waals surface area contributed by atoms with Crippen molar-refractivity contribution >= 4 is 35.5 Å². The molecule has 0 aromatic carbocycles. The van der Waals surface area contributed by atoms with Crippen LogP contribution in [0.25, 0.3) is 0 Å². The zero-order valence-corrected chi connectivity index (χ0v) is 12.9. The van der Waals surface area contributed by atoms with E-state index in [1.807, 2.05) is 0 Å². The van der Waals surface area contributed by atoms with Crippen LogP contribution in [0.1, 0.15) is 78.1 Å². The zero-order valence-electron chi connectivity index (χ0n) is 12.9. The average molecular weight is 296 g/mol. The van der Waals surface area contributed by atoms with Crippen molar-refractivity contribution in [3.05, 3.63) is 0 Å². The molecule has 3 nitrogen and oxygen atoms in total. The monoisotopic (exact) mass is 296 g/mol. The summed E-state index contributed by atoms with van der Waals surface area (Å²) in [5.74, 6) is -0.234. The second kappa shape index (κ2) is 19.4. The fourth-order valence-electron chi connectivity index (χ4n) is 2.04. The van der Waals surface area contributed by atoms with Gasteiger partial charge < -0.3 is 9.47 Å². The molecule has 0 aromatic heterocycles. The quantitative estimate of drug-likeness (QED) is 0.277. The molecule has 20 heavy (non-hydrogen) atoms. The predicted octanol–water partition coefficient (Wildman–Crippen LogP) is 3.84. The van der Waals surface area contributed by atoms with E-state index in [1.54, 1.807) is 0 Å². The number of carbonyl (C=O) groups excluding carboxylic acids is 1. The molecule has 0 bridgehead atoms. The van der Waals surface area contributed by atoms with E-state index in [0.29, 0.717) is 13.2 Å². The van der Waals surface area contributed by atoms with E-state index in [1.165, 1.54) is 64.7 Å². The Hall–Kier alpha value is 0.430. The predicted molar refractivity (Wildman–Crippen MR) is 86.4 cm³/mol. The normalized spacial score (nSPS) is 10.1. The van der Waals surface area contributed by atoms with Gasteiger partial charge in [0.1, 0.15) is 6.61 Å². The van der Waals surface area contributed by atoms with E-state index in [-0.39, 0.29) is 35.5 Å². The van der Waals surface area contributed by atoms with Gasteiger partial charge in [0.25, 0.3) is 0 Å². The second-order valence-electron chi connectivity index (χ2n) is 5.13. The van der Waals surface area contributed by atoms with Crippen molar-refractivity contribution in [2.45, 2.75) is 78.1 Å². The molecule has 0 radical (unpaired) electrons. The summed E-state index contributed by atoms with van der Waals surface area (Å²) in [7, 11) is 0. The molecule has 0 unspecified atom stereocenters. The van der Waals surface area contributed by atoms with Gasteiger partial charge in [0.2, 0.25) is 0 Å². The molecule has 0 aromatic rings. The zero-order chi connectivity index (χ0) is 14.2. The fourth-order valence-corrected chi connectivity index (χ4v) is 2.04. The molecular weight excluding hydrogens is 263 g/mol. The molecule has 0 heterocycles. The molecular formula is C16H33NaO3. The van der Waals surface area contributed by atoms with Gasteiger partial charge >= 0.3 is 35.5 Å². The Morgan fingerprint density at radius 1 is 0.750 bits per heavy atom. The third-order valence-corrected chi connectivity index (χ3v) is 3.18. The summed E-state index contributed by atoms with van der Waals surface area (Å²) < 4.78 is 10.2. The van der Waals surface area contributed by atoms with Crippen LogP contribution >= 0.6 is 0 Å². The summed E-state index contributed by atoms with van der Waals surface area (Å²) >= 11 is 0. The standard InChI is InChI=1S/C16H32O3.Na.H/c1-3-4-5-6-7-8-9-10-11-12-13-18-14-15-19-16(2)17;;/h3-15H2,1-2H3;;. The number of esters is 1. The van der Waals surface area contributed by atoms with Crippen LogP contribution in [-0.4, -0.2) is 55.3 Å². The second-order valence-corrected chi connectivity index (χ2v) is 5.13. The van der Waals surface area contributed by atoms with Crippen LogP contribution in [-0.2, 0) is 14.3 Å². The van der Waals surface area contributed by atoms with Gasteiger partial charge in [0, 0.05) is 13.5 Å². The summed E-state index contributed by atoms with van der Waals surface area (Å²) in [5.41, 5.74) is 0. The Morgan fingerprint density at radius 2 is 1.25 bits per heavy atom. The summed E-state index contributed by atoms with van der Waals surface area (Å²) in [4.78, 5) is 10.5. The van der Waals surface area contributed by atoms with Crippen LogP contribution in [0.15, 0.2) is 0 Å². The molecule has 0 aliphatic carbocycles. The maximum absolute atomic E-state index is 10.5. The Labute approximate surface area is 147 Å². The number of ether oxygens (including phenoxy) is 2. The molecule has 0 rings (SSSR count). The number of carbonyl (C=O) groups is 1. The summed E-state index contributed by atoms with van der Waals surface area (Å²) in [6.45, 7) is 5.37. The molecule has 0 aliphatic heterocycles. The van der Waals surface area contributed by atoms with Gasteiger partial charge in [-0.15, -0.1) is 0 Å². The Bertz CT molecular complexity index is 198. The van der Waals surface area contributed by atoms with Crippen LogP contribution in [0.5, 0.6) is 0 Å². The van der Waals surface area contributed by atoms with E-state index >= 15 is 0 Å². The third-order valence-electron chi connectivity index (χ3n) is 3.18. The fraction of sp³-hybridized carbons (Fsp3) is 0.938. The third kappa shape index (κ3) is 20.7. The van der Waals surface area contributed by atoms with Crippen molar-refractivity contribution in [1.29, 1.82) is 0 Å². The maximum atomic E-state index is 10.5. The van der Waals surface area contributed by atoms with Crippen LogP contribution < -0.4 is 0 Å². The minimum absolute atomic E-state index is 0. The van der Waals surface area contributed by atoms with Gasteiger partial charge in [-0.3, -0.25) is 4.79 Å². The average Bonchev–Trinajstić information content (AvgIpc) is 2.39. The van der Waals surface area contributed by atoms with Gasteiger partial charge in [-0.05, 0) is 6.42 Å². The topological polar surface area (TPSA) is 35.5 Å². The molecule has 116 valence electrons. The summed E-state index contributed by atoms with van der Waals surface area (Å²) in [5, 5.41) is 0. The van der Waals surface area contributed by atoms with Crippen LogP contribution in [0.4, 0.5) is 0 Å². The molecule has 0 atom stereocenters. The molecule has 0 spiro atoms. The minimum atomic E-state index is -0.234. The SMILES string of the molecule is CCCCCCCCCCCCOCCOC(C)=O.[NaH]. The van der Waals surface area contributed by atoms with Crippen LogP contribution in [0.2, 0.25) is 0 Å². The first-order chi connectivity index (χ1) is 9.27. The number of hydrogen-bond donors (Lipinski definition) is 0. The number of unbranched alkanes of at least 4 members (excludes halogenated alkanes) is 9. The van der Waals surface area contributed by atoms with Crippen molar-refractivity contribution < 1.29 is 14.3 Å². The van der Waals surface area contributed by atoms with E-state index in [4.69, 9.17) is 9.47 Å². The molecule has 0 fully saturated rings. The Morgan fingerprint density at radius 3 is 1.75 bits per heavy atom. The molecule has 4 heteroatoms. The Balaban J connectivity index is 0. The molecule has 0 amide bonds. The van der Waals surface area contributed by atoms with Crippen molar-refractivity contribution in [2.75, 3.05) is 19.8 Å². The van der Waals surface area contributed by atoms with Crippen molar-refractivity contribution in [1.82, 2.24) is 0 Å². The number of rotatable bonds is 14. The van der Waals surface area contributed by atoms with Crippen molar-refractivity contribution in [2.24, 2.45) is 0 Å². The van der Waals surface area contributed by atoms with Gasteiger partial charge in [-0.2, -0.15) is 0 Å². The van der Waals surface area contributed by atoms with Crippen molar-refractivity contribution in [3.63, 3.8) is 0 Å². The first-order valence-electron chi connectivity index (χ1n) is 7.98. The molecule has 0 N–H and O–H groups in total. The first kappa shape index (κ1) is 22.7. The van der Waals surface area contributed by atoms with E-state index in [0.717, 1.165) is 13.0 Å². The van der Waals surface area contributed by atoms with Gasteiger partial charge in [0.05, 0.1) is 6.61 Å². The van der Waals surface area contributed by atoms with Gasteiger partial charge in [0.15, 0.2) is 0 Å². The van der Waals surface area contributed by atoms with Crippen LogP contribution in [0.3, 0.4) is 0 Å². The van der Waals surface area contributed by atoms with E-state index in [9.17, 15) is 4.79 Å². The Kier molecular flexibility index (Phi) is 22.1. The molecule has 0 saturated heterocycles. The summed E-state index contributed by atoms with van der Waals surface area (Å²) in [6.07, 6.45) is 13.4. The van der Waals surface area contributed by atoms with Gasteiger partial charge in [-0.1, -0.05) is 64.7 Å². The molecule has 0 aliphatic rings. The first-order valence-corrected chi connectivity index (χ1v) is 7.98. The van der Waals surface area contributed by atoms with Crippen molar-refractivity contribution in [3.8, 4) is 0 Å².